The molecule has 126 valence electrons. The first-order chi connectivity index (χ1) is 12.1. The van der Waals surface area contributed by atoms with Gasteiger partial charge < -0.3 is 14.5 Å². The van der Waals surface area contributed by atoms with E-state index in [1.54, 1.807) is 13.2 Å². The minimum Gasteiger partial charge on any atom is -0.496 e. The molecule has 3 aromatic rings. The highest BCUT2D eigenvalue weighted by atomic mass is 16.5. The van der Waals surface area contributed by atoms with Gasteiger partial charge in [0, 0.05) is 29.0 Å². The number of ether oxygens (including phenoxy) is 2. The Bertz CT molecular complexity index is 1050. The number of aromatic amines is 1. The van der Waals surface area contributed by atoms with Crippen LogP contribution >= 0.6 is 0 Å². The maximum Gasteiger partial charge on any atom is 0.248 e. The van der Waals surface area contributed by atoms with Crippen molar-refractivity contribution in [2.45, 2.75) is 19.4 Å². The van der Waals surface area contributed by atoms with Gasteiger partial charge in [-0.1, -0.05) is 18.2 Å². The molecule has 1 aromatic heterocycles. The maximum atomic E-state index is 11.9. The average Bonchev–Trinajstić information content (AvgIpc) is 2.60. The minimum absolute atomic E-state index is 0.0973. The number of fused-ring (bicyclic) bond motifs is 5. The fourth-order valence-electron chi connectivity index (χ4n) is 3.71. The summed E-state index contributed by atoms with van der Waals surface area (Å²) in [6.45, 7) is 5.83. The standard InChI is InChI=1S/C21H19NO3/c1-4-6-16-21-13(20-15(24-3)7-5-8-17(20)25-16)9-10-14-19(21)12(2)11-18(23)22-14/h4-5,7-11,16H,1,6H2,2-3H3,(H,22,23). The summed E-state index contributed by atoms with van der Waals surface area (Å²) < 4.78 is 11.9. The highest BCUT2D eigenvalue weighted by Gasteiger charge is 2.30. The zero-order valence-corrected chi connectivity index (χ0v) is 14.3. The van der Waals surface area contributed by atoms with Gasteiger partial charge in [-0.05, 0) is 36.2 Å². The van der Waals surface area contributed by atoms with E-state index in [9.17, 15) is 4.79 Å². The third-order valence-corrected chi connectivity index (χ3v) is 4.69. The number of rotatable bonds is 3. The lowest BCUT2D eigenvalue weighted by molar-refractivity contribution is 0.206. The van der Waals surface area contributed by atoms with Crippen LogP contribution in [0.25, 0.3) is 22.0 Å². The Hall–Kier alpha value is -3.01. The number of aromatic nitrogens is 1. The molecule has 4 nitrogen and oxygen atoms in total. The van der Waals surface area contributed by atoms with E-state index in [1.807, 2.05) is 43.3 Å². The monoisotopic (exact) mass is 333 g/mol. The van der Waals surface area contributed by atoms with Crippen molar-refractivity contribution < 1.29 is 9.47 Å². The van der Waals surface area contributed by atoms with Crippen molar-refractivity contribution in [1.82, 2.24) is 4.98 Å². The fraction of sp³-hybridized carbons (Fsp3) is 0.190. The number of aryl methyl sites for hydroxylation is 1. The molecule has 4 heteroatoms. The van der Waals surface area contributed by atoms with Gasteiger partial charge in [-0.3, -0.25) is 4.79 Å². The Balaban J connectivity index is 2.13. The van der Waals surface area contributed by atoms with E-state index in [-0.39, 0.29) is 11.7 Å². The van der Waals surface area contributed by atoms with Crippen LogP contribution in [0.4, 0.5) is 0 Å². The van der Waals surface area contributed by atoms with Gasteiger partial charge in [-0.2, -0.15) is 0 Å². The first kappa shape index (κ1) is 15.5. The van der Waals surface area contributed by atoms with Gasteiger partial charge >= 0.3 is 0 Å². The van der Waals surface area contributed by atoms with Crippen LogP contribution in [-0.4, -0.2) is 12.1 Å². The van der Waals surface area contributed by atoms with Crippen molar-refractivity contribution in [3.63, 3.8) is 0 Å². The normalized spacial score (nSPS) is 15.2. The van der Waals surface area contributed by atoms with E-state index in [1.165, 1.54) is 0 Å². The summed E-state index contributed by atoms with van der Waals surface area (Å²) in [6.07, 6.45) is 2.39. The minimum atomic E-state index is -0.152. The van der Waals surface area contributed by atoms with Crippen LogP contribution in [0.5, 0.6) is 11.5 Å². The zero-order valence-electron chi connectivity index (χ0n) is 14.3. The second-order valence-electron chi connectivity index (χ2n) is 6.23. The zero-order chi connectivity index (χ0) is 17.6. The summed E-state index contributed by atoms with van der Waals surface area (Å²) in [5.41, 5.74) is 4.76. The number of benzene rings is 2. The second-order valence-corrected chi connectivity index (χ2v) is 6.23. The van der Waals surface area contributed by atoms with Gasteiger partial charge in [0.15, 0.2) is 0 Å². The topological polar surface area (TPSA) is 51.3 Å². The van der Waals surface area contributed by atoms with Crippen LogP contribution in [-0.2, 0) is 0 Å². The number of hydrogen-bond donors (Lipinski definition) is 1. The lowest BCUT2D eigenvalue weighted by Gasteiger charge is -2.30. The van der Waals surface area contributed by atoms with Crippen LogP contribution < -0.4 is 15.0 Å². The quantitative estimate of drug-likeness (QED) is 0.717. The Morgan fingerprint density at radius 2 is 2.16 bits per heavy atom. The third kappa shape index (κ3) is 2.33. The van der Waals surface area contributed by atoms with Crippen LogP contribution in [0.15, 0.2) is 53.8 Å². The molecule has 1 aliphatic heterocycles. The smallest absolute Gasteiger partial charge is 0.248 e. The largest absolute Gasteiger partial charge is 0.496 e. The molecule has 0 bridgehead atoms. The summed E-state index contributed by atoms with van der Waals surface area (Å²) in [4.78, 5) is 14.8. The van der Waals surface area contributed by atoms with E-state index in [4.69, 9.17) is 9.47 Å². The fourth-order valence-corrected chi connectivity index (χ4v) is 3.71. The molecule has 1 aliphatic rings. The van der Waals surface area contributed by atoms with Crippen molar-refractivity contribution in [3.8, 4) is 22.6 Å². The highest BCUT2D eigenvalue weighted by molar-refractivity contribution is 5.95. The van der Waals surface area contributed by atoms with Gasteiger partial charge in [0.05, 0.1) is 12.7 Å². The van der Waals surface area contributed by atoms with Crippen molar-refractivity contribution in [3.05, 3.63) is 70.5 Å². The Morgan fingerprint density at radius 3 is 2.92 bits per heavy atom. The Morgan fingerprint density at radius 1 is 1.32 bits per heavy atom. The van der Waals surface area contributed by atoms with Gasteiger partial charge in [-0.15, -0.1) is 6.58 Å². The van der Waals surface area contributed by atoms with Crippen molar-refractivity contribution in [2.75, 3.05) is 7.11 Å². The van der Waals surface area contributed by atoms with Crippen LogP contribution in [0, 0.1) is 6.92 Å². The number of methoxy groups -OCH3 is 1. The number of pyridine rings is 1. The molecule has 0 saturated carbocycles. The first-order valence-corrected chi connectivity index (χ1v) is 8.25. The lowest BCUT2D eigenvalue weighted by atomic mass is 9.87. The first-order valence-electron chi connectivity index (χ1n) is 8.25. The molecule has 1 atom stereocenters. The highest BCUT2D eigenvalue weighted by Crippen LogP contribution is 2.50. The number of nitrogens with one attached hydrogen (secondary N) is 1. The second kappa shape index (κ2) is 5.81. The molecule has 2 heterocycles. The summed E-state index contributed by atoms with van der Waals surface area (Å²) in [7, 11) is 1.66. The van der Waals surface area contributed by atoms with Gasteiger partial charge in [0.25, 0.3) is 0 Å². The number of H-pyrrole nitrogens is 1. The molecule has 0 radical (unpaired) electrons. The molecular formula is C21H19NO3. The van der Waals surface area contributed by atoms with Gasteiger partial charge in [-0.25, -0.2) is 0 Å². The molecule has 2 aromatic carbocycles. The third-order valence-electron chi connectivity index (χ3n) is 4.69. The summed E-state index contributed by atoms with van der Waals surface area (Å²) >= 11 is 0. The molecule has 0 amide bonds. The molecular weight excluding hydrogens is 314 g/mol. The molecule has 0 saturated heterocycles. The van der Waals surface area contributed by atoms with Crippen LogP contribution in [0.2, 0.25) is 0 Å². The Labute approximate surface area is 145 Å². The number of hydrogen-bond acceptors (Lipinski definition) is 3. The van der Waals surface area contributed by atoms with E-state index in [0.29, 0.717) is 6.42 Å². The Kier molecular flexibility index (Phi) is 3.61. The van der Waals surface area contributed by atoms with E-state index >= 15 is 0 Å². The summed E-state index contributed by atoms with van der Waals surface area (Å²) in [5, 5.41) is 1.03. The molecule has 4 rings (SSSR count). The molecule has 1 unspecified atom stereocenters. The van der Waals surface area contributed by atoms with Crippen LogP contribution in [0.3, 0.4) is 0 Å². The lowest BCUT2D eigenvalue weighted by Crippen LogP contribution is -2.16. The molecule has 0 fully saturated rings. The van der Waals surface area contributed by atoms with Crippen LogP contribution in [0.1, 0.15) is 23.7 Å². The van der Waals surface area contributed by atoms with Gasteiger partial charge in [0.2, 0.25) is 5.56 Å². The summed E-state index contributed by atoms with van der Waals surface area (Å²) in [5.74, 6) is 1.58. The predicted molar refractivity (Wildman–Crippen MR) is 99.5 cm³/mol. The van der Waals surface area contributed by atoms with Crippen molar-refractivity contribution in [2.24, 2.45) is 0 Å². The van der Waals surface area contributed by atoms with Crippen molar-refractivity contribution >= 4 is 10.9 Å². The predicted octanol–water partition coefficient (Wildman–Crippen LogP) is 4.52. The molecule has 0 spiro atoms. The van der Waals surface area contributed by atoms with E-state index in [0.717, 1.165) is 44.7 Å². The summed E-state index contributed by atoms with van der Waals surface area (Å²) in [6, 6.07) is 11.4. The average molecular weight is 333 g/mol. The molecule has 25 heavy (non-hydrogen) atoms. The van der Waals surface area contributed by atoms with Gasteiger partial charge in [0.1, 0.15) is 17.6 Å². The van der Waals surface area contributed by atoms with Crippen molar-refractivity contribution in [1.29, 1.82) is 0 Å². The maximum absolute atomic E-state index is 11.9. The molecule has 0 aliphatic carbocycles. The van der Waals surface area contributed by atoms with E-state index in [2.05, 4.69) is 11.6 Å². The van der Waals surface area contributed by atoms with E-state index < -0.39 is 0 Å². The molecule has 1 N–H and O–H groups in total. The SMILES string of the molecule is C=CCC1Oc2cccc(OC)c2-c2ccc3[nH]c(=O)cc(C)c3c21.